The summed E-state index contributed by atoms with van der Waals surface area (Å²) in [7, 11) is 1.52. The van der Waals surface area contributed by atoms with Gasteiger partial charge in [0.1, 0.15) is 17.3 Å². The number of phenolic OH excluding ortho intramolecular Hbond substituents is 1. The highest BCUT2D eigenvalue weighted by Crippen LogP contribution is 2.46. The van der Waals surface area contributed by atoms with Crippen molar-refractivity contribution in [3.8, 4) is 11.8 Å². The summed E-state index contributed by atoms with van der Waals surface area (Å²) in [4.78, 5) is 57.2. The van der Waals surface area contributed by atoms with E-state index >= 15 is 0 Å². The van der Waals surface area contributed by atoms with Gasteiger partial charge in [0, 0.05) is 42.5 Å². The molecule has 3 aromatic rings. The molecule has 226 valence electrons. The van der Waals surface area contributed by atoms with Gasteiger partial charge in [0.05, 0.1) is 23.9 Å². The van der Waals surface area contributed by atoms with Crippen LogP contribution in [0.25, 0.3) is 0 Å². The number of carboxylic acid groups (broad SMARTS) is 1. The van der Waals surface area contributed by atoms with Crippen molar-refractivity contribution in [3.63, 3.8) is 0 Å². The van der Waals surface area contributed by atoms with Crippen LogP contribution in [0.3, 0.4) is 0 Å². The maximum Gasteiger partial charge on any atom is 0.332 e. The van der Waals surface area contributed by atoms with Gasteiger partial charge in [0.2, 0.25) is 5.91 Å². The summed E-state index contributed by atoms with van der Waals surface area (Å²) in [6, 6.07) is 17.3. The minimum absolute atomic E-state index is 0.00790. The largest absolute Gasteiger partial charge is 0.508 e. The lowest BCUT2D eigenvalue weighted by atomic mass is 9.80. The SMILES string of the molecule is CN1C(=O)N(c2cc(Cl)cc(Cl)c2)C(=O)C12CN(CC(=O)NC(Cc1ccc(O)cc1)C(=O)O)CC2c1ccc(C#N)cc1. The maximum absolute atomic E-state index is 14.3. The third-order valence-electron chi connectivity index (χ3n) is 8.06. The first kappa shape index (κ1) is 30.8. The molecule has 3 atom stereocenters. The number of nitrogens with one attached hydrogen (secondary N) is 1. The Bertz CT molecular complexity index is 1660. The minimum Gasteiger partial charge on any atom is -0.508 e. The fourth-order valence-electron chi connectivity index (χ4n) is 5.92. The van der Waals surface area contributed by atoms with Gasteiger partial charge in [-0.15, -0.1) is 0 Å². The first-order valence-electron chi connectivity index (χ1n) is 13.5. The topological polar surface area (TPSA) is 154 Å². The van der Waals surface area contributed by atoms with E-state index in [9.17, 15) is 34.7 Å². The van der Waals surface area contributed by atoms with Gasteiger partial charge in [-0.05, 0) is 53.6 Å². The number of halogens is 2. The van der Waals surface area contributed by atoms with Crippen LogP contribution in [0.1, 0.15) is 22.6 Å². The van der Waals surface area contributed by atoms with Gasteiger partial charge >= 0.3 is 12.0 Å². The van der Waals surface area contributed by atoms with Crippen molar-refractivity contribution >= 4 is 52.7 Å². The molecule has 0 radical (unpaired) electrons. The highest BCUT2D eigenvalue weighted by Gasteiger charge is 2.64. The first-order chi connectivity index (χ1) is 20.9. The number of imide groups is 1. The summed E-state index contributed by atoms with van der Waals surface area (Å²) in [6.45, 7) is -0.0820. The van der Waals surface area contributed by atoms with E-state index in [1.165, 1.54) is 42.3 Å². The van der Waals surface area contributed by atoms with Crippen molar-refractivity contribution in [3.05, 3.63) is 93.5 Å². The zero-order valence-corrected chi connectivity index (χ0v) is 24.9. The number of nitrogens with zero attached hydrogens (tertiary/aromatic N) is 4. The molecule has 13 heteroatoms. The number of likely N-dealkylation sites (tertiary alicyclic amines) is 1. The Kier molecular flexibility index (Phi) is 8.52. The molecule has 3 N–H and O–H groups in total. The van der Waals surface area contributed by atoms with Gasteiger partial charge in [0.15, 0.2) is 0 Å². The van der Waals surface area contributed by atoms with Crippen molar-refractivity contribution in [2.75, 3.05) is 31.6 Å². The highest BCUT2D eigenvalue weighted by molar-refractivity contribution is 6.35. The third-order valence-corrected chi connectivity index (χ3v) is 8.49. The summed E-state index contributed by atoms with van der Waals surface area (Å²) in [6.07, 6.45) is -0.00790. The van der Waals surface area contributed by atoms with Gasteiger partial charge < -0.3 is 20.4 Å². The van der Waals surface area contributed by atoms with E-state index in [1.54, 1.807) is 41.3 Å². The molecule has 11 nitrogen and oxygen atoms in total. The van der Waals surface area contributed by atoms with Crippen molar-refractivity contribution in [1.82, 2.24) is 15.1 Å². The molecule has 4 amide bonds. The van der Waals surface area contributed by atoms with Gasteiger partial charge in [-0.3, -0.25) is 14.5 Å². The second kappa shape index (κ2) is 12.2. The molecular weight excluding hydrogens is 609 g/mol. The fraction of sp³-hybridized carbons (Fsp3) is 0.258. The second-order valence-electron chi connectivity index (χ2n) is 10.8. The average molecular weight is 636 g/mol. The number of amides is 4. The number of urea groups is 1. The molecule has 0 aromatic heterocycles. The number of nitriles is 1. The van der Waals surface area contributed by atoms with Crippen molar-refractivity contribution in [1.29, 1.82) is 5.26 Å². The van der Waals surface area contributed by atoms with Gasteiger partial charge in [0.25, 0.3) is 5.91 Å². The normalized spacial score (nSPS) is 20.6. The number of anilines is 1. The highest BCUT2D eigenvalue weighted by atomic mass is 35.5. The lowest BCUT2D eigenvalue weighted by Crippen LogP contribution is -2.54. The van der Waals surface area contributed by atoms with E-state index in [-0.39, 0.29) is 47.5 Å². The molecule has 2 aliphatic rings. The number of aliphatic carboxylic acids is 1. The number of hydrogen-bond donors (Lipinski definition) is 3. The number of carboxylic acids is 1. The number of phenols is 1. The van der Waals surface area contributed by atoms with E-state index in [0.717, 1.165) is 4.90 Å². The number of rotatable bonds is 8. The van der Waals surface area contributed by atoms with Crippen LogP contribution in [0, 0.1) is 11.3 Å². The molecule has 5 rings (SSSR count). The van der Waals surface area contributed by atoms with Crippen molar-refractivity contribution < 1.29 is 29.4 Å². The van der Waals surface area contributed by atoms with Crippen molar-refractivity contribution in [2.24, 2.45) is 0 Å². The van der Waals surface area contributed by atoms with Gasteiger partial charge in [-0.1, -0.05) is 47.5 Å². The zero-order valence-electron chi connectivity index (χ0n) is 23.4. The van der Waals surface area contributed by atoms with E-state index in [2.05, 4.69) is 11.4 Å². The molecule has 2 heterocycles. The van der Waals surface area contributed by atoms with Crippen LogP contribution >= 0.6 is 23.2 Å². The Morgan fingerprint density at radius 1 is 1.07 bits per heavy atom. The Morgan fingerprint density at radius 2 is 1.70 bits per heavy atom. The molecule has 0 bridgehead atoms. The maximum atomic E-state index is 14.3. The summed E-state index contributed by atoms with van der Waals surface area (Å²) >= 11 is 12.4. The molecule has 0 aliphatic carbocycles. The summed E-state index contributed by atoms with van der Waals surface area (Å²) in [5.41, 5.74) is 0.478. The van der Waals surface area contributed by atoms with Crippen LogP contribution in [-0.4, -0.2) is 82.1 Å². The number of aromatic hydroxyl groups is 1. The monoisotopic (exact) mass is 635 g/mol. The fourth-order valence-corrected chi connectivity index (χ4v) is 6.44. The third kappa shape index (κ3) is 5.79. The molecule has 3 aromatic carbocycles. The smallest absolute Gasteiger partial charge is 0.332 e. The Labute approximate surface area is 262 Å². The second-order valence-corrected chi connectivity index (χ2v) is 11.7. The molecule has 3 unspecified atom stereocenters. The molecule has 0 saturated carbocycles. The predicted molar refractivity (Wildman–Crippen MR) is 162 cm³/mol. The van der Waals surface area contributed by atoms with Crippen LogP contribution < -0.4 is 10.2 Å². The summed E-state index contributed by atoms with van der Waals surface area (Å²) < 4.78 is 0. The average Bonchev–Trinajstić information content (AvgIpc) is 3.44. The van der Waals surface area contributed by atoms with E-state index < -0.39 is 41.3 Å². The van der Waals surface area contributed by atoms with Crippen molar-refractivity contribution in [2.45, 2.75) is 23.9 Å². The number of benzene rings is 3. The number of likely N-dealkylation sites (N-methyl/N-ethyl adjacent to an activating group) is 1. The van der Waals surface area contributed by atoms with Crippen LogP contribution in [0.2, 0.25) is 10.0 Å². The van der Waals surface area contributed by atoms with Gasteiger partial charge in [-0.25, -0.2) is 14.5 Å². The standard InChI is InChI=1S/C31H27Cl2N5O6/c1-36-30(44)38(23-12-21(32)11-22(33)13-23)29(43)31(36)17-37(15-25(31)20-6-2-19(14-34)3-7-20)16-27(40)35-26(28(41)42)10-18-4-8-24(39)9-5-18/h2-9,11-13,25-26,39H,10,15-17H2,1H3,(H,35,40)(H,41,42). The molecule has 1 spiro atoms. The Hall–Kier alpha value is -4.63. The number of hydrogen-bond acceptors (Lipinski definition) is 7. The summed E-state index contributed by atoms with van der Waals surface area (Å²) in [5.74, 6) is -2.91. The zero-order chi connectivity index (χ0) is 31.8. The molecule has 2 saturated heterocycles. The van der Waals surface area contributed by atoms with E-state index in [1.807, 2.05) is 0 Å². The van der Waals surface area contributed by atoms with E-state index in [4.69, 9.17) is 23.2 Å². The molecule has 44 heavy (non-hydrogen) atoms. The lowest BCUT2D eigenvalue weighted by molar-refractivity contribution is -0.141. The number of carbonyl (C=O) groups excluding carboxylic acids is 3. The van der Waals surface area contributed by atoms with Crippen LogP contribution in [0.5, 0.6) is 5.75 Å². The van der Waals surface area contributed by atoms with Crippen LogP contribution in [0.4, 0.5) is 10.5 Å². The Morgan fingerprint density at radius 3 is 2.30 bits per heavy atom. The predicted octanol–water partition coefficient (Wildman–Crippen LogP) is 3.62. The quantitative estimate of drug-likeness (QED) is 0.317. The first-order valence-corrected chi connectivity index (χ1v) is 14.3. The Balaban J connectivity index is 1.43. The van der Waals surface area contributed by atoms with Crippen LogP contribution in [-0.2, 0) is 20.8 Å². The molecule has 2 aliphatic heterocycles. The lowest BCUT2D eigenvalue weighted by Gasteiger charge is -2.34. The van der Waals surface area contributed by atoms with E-state index in [0.29, 0.717) is 16.7 Å². The van der Waals surface area contributed by atoms with Crippen LogP contribution in [0.15, 0.2) is 66.7 Å². The number of carbonyl (C=O) groups is 4. The summed E-state index contributed by atoms with van der Waals surface area (Å²) in [5, 5.41) is 31.6. The van der Waals surface area contributed by atoms with Gasteiger partial charge in [-0.2, -0.15) is 5.26 Å². The molecule has 2 fully saturated rings. The molecular formula is C31H27Cl2N5O6. The minimum atomic E-state index is -1.43.